The molecule has 0 atom stereocenters. The lowest BCUT2D eigenvalue weighted by atomic mass is 10.1. The Kier molecular flexibility index (Phi) is 31.0. The van der Waals surface area contributed by atoms with Crippen LogP contribution >= 0.6 is 0 Å². The van der Waals surface area contributed by atoms with Crippen LogP contribution < -0.4 is 0 Å². The van der Waals surface area contributed by atoms with E-state index < -0.39 is 0 Å². The number of ether oxygens (including phenoxy) is 1. The van der Waals surface area contributed by atoms with Gasteiger partial charge in [-0.1, -0.05) is 156 Å². The van der Waals surface area contributed by atoms with Gasteiger partial charge in [-0.3, -0.25) is 9.59 Å². The van der Waals surface area contributed by atoms with E-state index >= 15 is 0 Å². The van der Waals surface area contributed by atoms with Gasteiger partial charge >= 0.3 is 0 Å². The molecule has 0 N–H and O–H groups in total. The molecule has 0 spiro atoms. The topological polar surface area (TPSA) is 49.9 Å². The first kappa shape index (κ1) is 39.9. The van der Waals surface area contributed by atoms with Gasteiger partial charge in [0.2, 0.25) is 11.8 Å². The Balaban J connectivity index is 4.23. The Hall–Kier alpha value is -1.10. The minimum absolute atomic E-state index is 0.0209. The third kappa shape index (κ3) is 26.3. The standard InChI is InChI=1S/C36H72N2O3/c1-5-9-13-15-17-19-21-23-25-27-31-37(29-11-7-3)35(39)33-41-34-36(40)38(30-12-8-4)32-28-26-24-22-20-18-16-14-10-6-2/h5-34H2,1-4H3. The van der Waals surface area contributed by atoms with Crippen molar-refractivity contribution in [1.29, 1.82) is 0 Å². The summed E-state index contributed by atoms with van der Waals surface area (Å²) in [6.45, 7) is 12.1. The number of hydrogen-bond acceptors (Lipinski definition) is 3. The van der Waals surface area contributed by atoms with Gasteiger partial charge in [0.1, 0.15) is 13.2 Å². The molecule has 41 heavy (non-hydrogen) atoms. The highest BCUT2D eigenvalue weighted by Gasteiger charge is 2.16. The number of carbonyl (C=O) groups excluding carboxylic acids is 2. The SMILES string of the molecule is CCCCCCCCCCCCN(CCCC)C(=O)COCC(=O)N(CCCC)CCCCCCCCCCCC. The highest BCUT2D eigenvalue weighted by molar-refractivity contribution is 5.79. The van der Waals surface area contributed by atoms with E-state index in [1.54, 1.807) is 0 Å². The van der Waals surface area contributed by atoms with Gasteiger partial charge in [0.05, 0.1) is 0 Å². The van der Waals surface area contributed by atoms with Crippen LogP contribution in [0.25, 0.3) is 0 Å². The zero-order chi connectivity index (χ0) is 30.2. The summed E-state index contributed by atoms with van der Waals surface area (Å²) < 4.78 is 5.70. The molecule has 0 aliphatic rings. The minimum atomic E-state index is 0.0209. The van der Waals surface area contributed by atoms with Crippen molar-refractivity contribution in [3.63, 3.8) is 0 Å². The van der Waals surface area contributed by atoms with Gasteiger partial charge in [-0.05, 0) is 25.7 Å². The molecule has 0 aliphatic heterocycles. The fourth-order valence-corrected chi connectivity index (χ4v) is 5.41. The van der Waals surface area contributed by atoms with Gasteiger partial charge in [0.15, 0.2) is 0 Å². The molecular weight excluding hydrogens is 508 g/mol. The Labute approximate surface area is 256 Å². The van der Waals surface area contributed by atoms with E-state index in [1.807, 2.05) is 9.80 Å². The highest BCUT2D eigenvalue weighted by atomic mass is 16.5. The molecule has 5 nitrogen and oxygen atoms in total. The molecule has 0 aromatic rings. The second-order valence-corrected chi connectivity index (χ2v) is 12.3. The Morgan fingerprint density at radius 2 is 0.610 bits per heavy atom. The summed E-state index contributed by atoms with van der Waals surface area (Å²) in [4.78, 5) is 29.8. The second-order valence-electron chi connectivity index (χ2n) is 12.3. The van der Waals surface area contributed by atoms with Crippen LogP contribution in [0.3, 0.4) is 0 Å². The second kappa shape index (κ2) is 31.8. The molecule has 0 saturated heterocycles. The van der Waals surface area contributed by atoms with Gasteiger partial charge < -0.3 is 14.5 Å². The quantitative estimate of drug-likeness (QED) is 0.0744. The highest BCUT2D eigenvalue weighted by Crippen LogP contribution is 2.13. The molecule has 5 heteroatoms. The van der Waals surface area contributed by atoms with Crippen molar-refractivity contribution in [2.24, 2.45) is 0 Å². The van der Waals surface area contributed by atoms with Gasteiger partial charge in [0.25, 0.3) is 0 Å². The average Bonchev–Trinajstić information content (AvgIpc) is 2.97. The Bertz CT molecular complexity index is 521. The molecular formula is C36H72N2O3. The lowest BCUT2D eigenvalue weighted by Crippen LogP contribution is -2.39. The van der Waals surface area contributed by atoms with Crippen LogP contribution in [0.1, 0.15) is 182 Å². The van der Waals surface area contributed by atoms with Crippen LogP contribution in [0.15, 0.2) is 0 Å². The molecule has 0 heterocycles. The van der Waals surface area contributed by atoms with Crippen molar-refractivity contribution in [3.05, 3.63) is 0 Å². The van der Waals surface area contributed by atoms with Gasteiger partial charge in [-0.15, -0.1) is 0 Å². The van der Waals surface area contributed by atoms with Crippen LogP contribution in [0.5, 0.6) is 0 Å². The van der Waals surface area contributed by atoms with Crippen molar-refractivity contribution in [2.45, 2.75) is 182 Å². The molecule has 0 radical (unpaired) electrons. The molecule has 0 rings (SSSR count). The first-order valence-electron chi connectivity index (χ1n) is 18.2. The maximum Gasteiger partial charge on any atom is 0.248 e. The van der Waals surface area contributed by atoms with Crippen molar-refractivity contribution in [3.8, 4) is 0 Å². The normalized spacial score (nSPS) is 11.2. The van der Waals surface area contributed by atoms with E-state index in [4.69, 9.17) is 4.74 Å². The molecule has 0 saturated carbocycles. The van der Waals surface area contributed by atoms with Gasteiger partial charge in [0, 0.05) is 26.2 Å². The largest absolute Gasteiger partial charge is 0.362 e. The van der Waals surface area contributed by atoms with E-state index in [0.717, 1.165) is 64.7 Å². The molecule has 0 aromatic carbocycles. The van der Waals surface area contributed by atoms with Crippen LogP contribution in [0.2, 0.25) is 0 Å². The minimum Gasteiger partial charge on any atom is -0.362 e. The predicted octanol–water partition coefficient (Wildman–Crippen LogP) is 10.1. The molecule has 0 aromatic heterocycles. The first-order chi connectivity index (χ1) is 20.1. The molecule has 0 fully saturated rings. The molecule has 0 aliphatic carbocycles. The summed E-state index contributed by atoms with van der Waals surface area (Å²) in [5.74, 6) is 0.0777. The number of amides is 2. The summed E-state index contributed by atoms with van der Waals surface area (Å²) in [7, 11) is 0. The molecule has 0 unspecified atom stereocenters. The summed E-state index contributed by atoms with van der Waals surface area (Å²) in [5, 5.41) is 0. The maximum absolute atomic E-state index is 12.9. The number of unbranched alkanes of at least 4 members (excludes halogenated alkanes) is 20. The molecule has 0 bridgehead atoms. The summed E-state index contributed by atoms with van der Waals surface area (Å²) in [5.41, 5.74) is 0. The van der Waals surface area contributed by atoms with Gasteiger partial charge in [-0.25, -0.2) is 0 Å². The zero-order valence-corrected chi connectivity index (χ0v) is 28.3. The van der Waals surface area contributed by atoms with E-state index in [-0.39, 0.29) is 25.0 Å². The van der Waals surface area contributed by atoms with Crippen LogP contribution in [0, 0.1) is 0 Å². The fraction of sp³-hybridized carbons (Fsp3) is 0.944. The van der Waals surface area contributed by atoms with E-state index in [2.05, 4.69) is 27.7 Å². The number of hydrogen-bond donors (Lipinski definition) is 0. The lowest BCUT2D eigenvalue weighted by Gasteiger charge is -2.24. The van der Waals surface area contributed by atoms with E-state index in [9.17, 15) is 9.59 Å². The van der Waals surface area contributed by atoms with Crippen molar-refractivity contribution in [2.75, 3.05) is 39.4 Å². The fourth-order valence-electron chi connectivity index (χ4n) is 5.41. The Morgan fingerprint density at radius 3 is 0.902 bits per heavy atom. The van der Waals surface area contributed by atoms with Crippen molar-refractivity contribution < 1.29 is 14.3 Å². The lowest BCUT2D eigenvalue weighted by molar-refractivity contribution is -0.142. The van der Waals surface area contributed by atoms with Crippen molar-refractivity contribution >= 4 is 11.8 Å². The molecule has 244 valence electrons. The number of carbonyl (C=O) groups is 2. The first-order valence-corrected chi connectivity index (χ1v) is 18.2. The van der Waals surface area contributed by atoms with Gasteiger partial charge in [-0.2, -0.15) is 0 Å². The Morgan fingerprint density at radius 1 is 0.366 bits per heavy atom. The third-order valence-electron chi connectivity index (χ3n) is 8.28. The van der Waals surface area contributed by atoms with Crippen molar-refractivity contribution in [1.82, 2.24) is 9.80 Å². The maximum atomic E-state index is 12.9. The third-order valence-corrected chi connectivity index (χ3v) is 8.28. The number of rotatable bonds is 32. The summed E-state index contributed by atoms with van der Waals surface area (Å²) in [6.07, 6.45) is 30.2. The predicted molar refractivity (Wildman–Crippen MR) is 177 cm³/mol. The number of nitrogens with zero attached hydrogens (tertiary/aromatic N) is 2. The zero-order valence-electron chi connectivity index (χ0n) is 28.3. The van der Waals surface area contributed by atoms with Crippen LogP contribution in [-0.4, -0.2) is 61.0 Å². The smallest absolute Gasteiger partial charge is 0.248 e. The van der Waals surface area contributed by atoms with E-state index in [1.165, 1.54) is 116 Å². The summed E-state index contributed by atoms with van der Waals surface area (Å²) in [6, 6.07) is 0. The monoisotopic (exact) mass is 581 g/mol. The van der Waals surface area contributed by atoms with Crippen LogP contribution in [0.4, 0.5) is 0 Å². The average molecular weight is 581 g/mol. The molecule has 2 amide bonds. The van der Waals surface area contributed by atoms with Crippen LogP contribution in [-0.2, 0) is 14.3 Å². The summed E-state index contributed by atoms with van der Waals surface area (Å²) >= 11 is 0. The van der Waals surface area contributed by atoms with E-state index in [0.29, 0.717) is 0 Å².